The van der Waals surface area contributed by atoms with Crippen LogP contribution in [0, 0.1) is 5.92 Å². The molecule has 1 saturated carbocycles. The summed E-state index contributed by atoms with van der Waals surface area (Å²) in [5.41, 5.74) is 0. The summed E-state index contributed by atoms with van der Waals surface area (Å²) in [7, 11) is 0. The lowest BCUT2D eigenvalue weighted by Gasteiger charge is -2.29. The van der Waals surface area contributed by atoms with Gasteiger partial charge in [0.1, 0.15) is 0 Å². The molecule has 19 heavy (non-hydrogen) atoms. The number of carbonyl (C=O) groups excluding carboxylic acids is 1. The molecule has 0 saturated heterocycles. The molecule has 1 N–H and O–H groups in total. The van der Waals surface area contributed by atoms with Crippen LogP contribution in [0.5, 0.6) is 0 Å². The minimum absolute atomic E-state index is 0.128. The van der Waals surface area contributed by atoms with Gasteiger partial charge < -0.3 is 5.32 Å². The van der Waals surface area contributed by atoms with Gasteiger partial charge in [0, 0.05) is 16.0 Å². The Morgan fingerprint density at radius 2 is 2.21 bits per heavy atom. The molecule has 0 radical (unpaired) electrons. The lowest BCUT2D eigenvalue weighted by atomic mass is 9.86. The van der Waals surface area contributed by atoms with E-state index < -0.39 is 0 Å². The van der Waals surface area contributed by atoms with Crippen molar-refractivity contribution in [3.8, 4) is 0 Å². The highest BCUT2D eigenvalue weighted by molar-refractivity contribution is 8.00. The summed E-state index contributed by atoms with van der Waals surface area (Å²) in [6.07, 6.45) is 4.88. The third-order valence-electron chi connectivity index (χ3n) is 3.62. The number of benzene rings is 1. The van der Waals surface area contributed by atoms with Crippen molar-refractivity contribution in [3.63, 3.8) is 0 Å². The van der Waals surface area contributed by atoms with E-state index in [1.807, 2.05) is 24.3 Å². The zero-order valence-electron chi connectivity index (χ0n) is 11.2. The first kappa shape index (κ1) is 14.7. The highest BCUT2D eigenvalue weighted by Gasteiger charge is 2.22. The summed E-state index contributed by atoms with van der Waals surface area (Å²) < 4.78 is 0. The summed E-state index contributed by atoms with van der Waals surface area (Å²) in [6, 6.07) is 7.98. The second-order valence-corrected chi connectivity index (χ2v) is 6.67. The number of hydrogen-bond acceptors (Lipinski definition) is 2. The van der Waals surface area contributed by atoms with Gasteiger partial charge >= 0.3 is 0 Å². The molecule has 0 spiro atoms. The second kappa shape index (κ2) is 7.20. The number of nitrogens with one attached hydrogen (secondary N) is 1. The molecule has 1 aromatic carbocycles. The summed E-state index contributed by atoms with van der Waals surface area (Å²) in [4.78, 5) is 13.0. The molecule has 1 aromatic rings. The molecule has 1 aliphatic rings. The van der Waals surface area contributed by atoms with Crippen molar-refractivity contribution >= 4 is 29.3 Å². The smallest absolute Gasteiger partial charge is 0.230 e. The van der Waals surface area contributed by atoms with Crippen LogP contribution in [0.3, 0.4) is 0 Å². The van der Waals surface area contributed by atoms with Gasteiger partial charge in [0.15, 0.2) is 0 Å². The van der Waals surface area contributed by atoms with E-state index in [1.165, 1.54) is 31.0 Å². The fourth-order valence-corrected chi connectivity index (χ4v) is 3.51. The topological polar surface area (TPSA) is 29.1 Å². The molecule has 4 heteroatoms. The Morgan fingerprint density at radius 3 is 2.95 bits per heavy atom. The van der Waals surface area contributed by atoms with E-state index in [-0.39, 0.29) is 5.91 Å². The monoisotopic (exact) mass is 297 g/mol. The number of carbonyl (C=O) groups is 1. The van der Waals surface area contributed by atoms with Crippen molar-refractivity contribution < 1.29 is 4.79 Å². The van der Waals surface area contributed by atoms with E-state index in [0.717, 1.165) is 11.3 Å². The first-order valence-corrected chi connectivity index (χ1v) is 8.19. The van der Waals surface area contributed by atoms with E-state index in [4.69, 9.17) is 11.6 Å². The molecule has 1 fully saturated rings. The summed E-state index contributed by atoms with van der Waals surface area (Å²) >= 11 is 7.46. The molecule has 104 valence electrons. The first-order valence-electron chi connectivity index (χ1n) is 6.83. The summed E-state index contributed by atoms with van der Waals surface area (Å²) in [5.74, 6) is 1.20. The quantitative estimate of drug-likeness (QED) is 0.847. The Balaban J connectivity index is 1.78. The van der Waals surface area contributed by atoms with Crippen LogP contribution >= 0.6 is 23.4 Å². The Hall–Kier alpha value is -0.670. The molecular formula is C15H20ClNOS. The van der Waals surface area contributed by atoms with Gasteiger partial charge in [0.2, 0.25) is 5.91 Å². The minimum Gasteiger partial charge on any atom is -0.352 e. The molecular weight excluding hydrogens is 278 g/mol. The number of amides is 1. The van der Waals surface area contributed by atoms with Gasteiger partial charge in [0.25, 0.3) is 0 Å². The summed E-state index contributed by atoms with van der Waals surface area (Å²) in [5, 5.41) is 3.87. The van der Waals surface area contributed by atoms with E-state index in [0.29, 0.717) is 22.7 Å². The van der Waals surface area contributed by atoms with Crippen molar-refractivity contribution in [3.05, 3.63) is 29.3 Å². The molecule has 0 unspecified atom stereocenters. The SMILES string of the molecule is C[C@H]1CCCC[C@@H]1NC(=O)CSc1cccc(Cl)c1. The number of halogens is 1. The Bertz CT molecular complexity index is 438. The largest absolute Gasteiger partial charge is 0.352 e. The molecule has 1 amide bonds. The fraction of sp³-hybridized carbons (Fsp3) is 0.533. The second-order valence-electron chi connectivity index (χ2n) is 5.18. The van der Waals surface area contributed by atoms with Gasteiger partial charge in [-0.15, -0.1) is 11.8 Å². The van der Waals surface area contributed by atoms with Gasteiger partial charge in [-0.2, -0.15) is 0 Å². The molecule has 1 aliphatic carbocycles. The van der Waals surface area contributed by atoms with E-state index in [1.54, 1.807) is 0 Å². The summed E-state index contributed by atoms with van der Waals surface area (Å²) in [6.45, 7) is 2.23. The minimum atomic E-state index is 0.128. The van der Waals surface area contributed by atoms with Gasteiger partial charge in [-0.1, -0.05) is 37.4 Å². The molecule has 2 nitrogen and oxygen atoms in total. The lowest BCUT2D eigenvalue weighted by molar-refractivity contribution is -0.119. The molecule has 2 atom stereocenters. The Kier molecular flexibility index (Phi) is 5.59. The first-order chi connectivity index (χ1) is 9.15. The zero-order valence-corrected chi connectivity index (χ0v) is 12.8. The van der Waals surface area contributed by atoms with Crippen LogP contribution in [-0.4, -0.2) is 17.7 Å². The average Bonchev–Trinajstić information content (AvgIpc) is 2.39. The Morgan fingerprint density at radius 1 is 1.42 bits per heavy atom. The molecule has 0 heterocycles. The van der Waals surface area contributed by atoms with E-state index in [2.05, 4.69) is 12.2 Å². The predicted octanol–water partition coefficient (Wildman–Crippen LogP) is 4.13. The van der Waals surface area contributed by atoms with Crippen LogP contribution in [0.15, 0.2) is 29.2 Å². The van der Waals surface area contributed by atoms with Gasteiger partial charge in [-0.25, -0.2) is 0 Å². The van der Waals surface area contributed by atoms with Crippen molar-refractivity contribution in [1.29, 1.82) is 0 Å². The van der Waals surface area contributed by atoms with Gasteiger partial charge in [0.05, 0.1) is 5.75 Å². The highest BCUT2D eigenvalue weighted by Crippen LogP contribution is 2.24. The van der Waals surface area contributed by atoms with Crippen LogP contribution < -0.4 is 5.32 Å². The maximum Gasteiger partial charge on any atom is 0.230 e. The molecule has 0 bridgehead atoms. The molecule has 0 aliphatic heterocycles. The van der Waals surface area contributed by atoms with Crippen molar-refractivity contribution in [2.45, 2.75) is 43.5 Å². The standard InChI is InChI=1S/C15H20ClNOS/c1-11-5-2-3-8-14(11)17-15(18)10-19-13-7-4-6-12(16)9-13/h4,6-7,9,11,14H,2-3,5,8,10H2,1H3,(H,17,18)/t11-,14-/m0/s1. The number of hydrogen-bond donors (Lipinski definition) is 1. The van der Waals surface area contributed by atoms with E-state index in [9.17, 15) is 4.79 Å². The maximum atomic E-state index is 12.0. The van der Waals surface area contributed by atoms with Crippen molar-refractivity contribution in [1.82, 2.24) is 5.32 Å². The Labute approximate surface area is 124 Å². The molecule has 2 rings (SSSR count). The number of thioether (sulfide) groups is 1. The lowest BCUT2D eigenvalue weighted by Crippen LogP contribution is -2.41. The fourth-order valence-electron chi connectivity index (χ4n) is 2.48. The normalized spacial score (nSPS) is 23.1. The van der Waals surface area contributed by atoms with Crippen molar-refractivity contribution in [2.24, 2.45) is 5.92 Å². The zero-order chi connectivity index (χ0) is 13.7. The average molecular weight is 298 g/mol. The van der Waals surface area contributed by atoms with Crippen LogP contribution in [-0.2, 0) is 4.79 Å². The van der Waals surface area contributed by atoms with Crippen molar-refractivity contribution in [2.75, 3.05) is 5.75 Å². The molecule has 0 aromatic heterocycles. The van der Waals surface area contributed by atoms with Crippen LogP contribution in [0.1, 0.15) is 32.6 Å². The van der Waals surface area contributed by atoms with Gasteiger partial charge in [-0.05, 0) is 37.0 Å². The maximum absolute atomic E-state index is 12.0. The third-order valence-corrected chi connectivity index (χ3v) is 4.85. The highest BCUT2D eigenvalue weighted by atomic mass is 35.5. The van der Waals surface area contributed by atoms with E-state index >= 15 is 0 Å². The van der Waals surface area contributed by atoms with Crippen LogP contribution in [0.2, 0.25) is 5.02 Å². The van der Waals surface area contributed by atoms with Crippen LogP contribution in [0.25, 0.3) is 0 Å². The van der Waals surface area contributed by atoms with Gasteiger partial charge in [-0.3, -0.25) is 4.79 Å². The number of rotatable bonds is 4. The third kappa shape index (κ3) is 4.73. The van der Waals surface area contributed by atoms with Crippen LogP contribution in [0.4, 0.5) is 0 Å². The predicted molar refractivity (Wildman–Crippen MR) is 81.7 cm³/mol.